The molecule has 9 heterocycles. The molecule has 2 aliphatic carbocycles. The number of pyridine rings is 2. The van der Waals surface area contributed by atoms with Gasteiger partial charge in [-0.3, -0.25) is 24.1 Å². The van der Waals surface area contributed by atoms with Gasteiger partial charge in [-0.05, 0) is 142 Å². The molecule has 5 aliphatic heterocycles. The Kier molecular flexibility index (Phi) is 12.6. The number of carbonyl (C=O) groups excluding carboxylic acids is 4. The van der Waals surface area contributed by atoms with E-state index in [-0.39, 0.29) is 34.9 Å². The molecule has 6 N–H and O–H groups in total. The molecule has 0 spiro atoms. The van der Waals surface area contributed by atoms with Crippen LogP contribution < -0.4 is 22.1 Å². The Morgan fingerprint density at radius 3 is 1.91 bits per heavy atom. The number of hydrogen-bond acceptors (Lipinski definition) is 14. The lowest BCUT2D eigenvalue weighted by atomic mass is 9.60. The number of likely N-dealkylation sites (tertiary alicyclic amines) is 3. The minimum absolute atomic E-state index is 0.0424. The molecule has 0 radical (unpaired) electrons. The molecule has 390 valence electrons. The molecule has 2 aromatic carbocycles. The van der Waals surface area contributed by atoms with Crippen LogP contribution in [0.1, 0.15) is 116 Å². The summed E-state index contributed by atoms with van der Waals surface area (Å²) in [6.07, 6.45) is 12.9. The second kappa shape index (κ2) is 19.0. The summed E-state index contributed by atoms with van der Waals surface area (Å²) in [5, 5.41) is 7.94. The molecule has 18 heteroatoms. The van der Waals surface area contributed by atoms with E-state index in [2.05, 4.69) is 101 Å². The number of fused-ring (bicyclic) bond motifs is 4. The Bertz CT molecular complexity index is 3330. The van der Waals surface area contributed by atoms with Crippen LogP contribution in [0, 0.1) is 17.8 Å². The molecule has 6 aromatic rings. The van der Waals surface area contributed by atoms with Crippen LogP contribution in [0.25, 0.3) is 20.4 Å². The van der Waals surface area contributed by atoms with Gasteiger partial charge in [0.25, 0.3) is 0 Å². The van der Waals surface area contributed by atoms with Crippen LogP contribution in [0.5, 0.6) is 0 Å². The largest absolute Gasteiger partial charge is 0.383 e. The zero-order chi connectivity index (χ0) is 52.1. The van der Waals surface area contributed by atoms with Crippen LogP contribution >= 0.6 is 22.7 Å². The molecule has 4 amide bonds. The fraction of sp³-hybridized carbons (Fsp3) is 0.474. The molecule has 75 heavy (non-hydrogen) atoms. The van der Waals surface area contributed by atoms with Gasteiger partial charge in [0, 0.05) is 55.5 Å². The van der Waals surface area contributed by atoms with Crippen molar-refractivity contribution in [1.82, 2.24) is 39.5 Å². The summed E-state index contributed by atoms with van der Waals surface area (Å²) in [7, 11) is 4.37. The van der Waals surface area contributed by atoms with Gasteiger partial charge in [0.15, 0.2) is 0 Å². The van der Waals surface area contributed by atoms with E-state index < -0.39 is 23.6 Å². The number of piperidine rings is 2. The van der Waals surface area contributed by atoms with E-state index in [9.17, 15) is 19.2 Å². The number of hydrogen-bond donors (Lipinski definition) is 4. The second-order valence-electron chi connectivity index (χ2n) is 22.9. The third-order valence-corrected chi connectivity index (χ3v) is 20.0. The highest BCUT2D eigenvalue weighted by Crippen LogP contribution is 2.62. The Balaban J connectivity index is 0.690. The van der Waals surface area contributed by atoms with E-state index in [1.54, 1.807) is 38.5 Å². The highest BCUT2D eigenvalue weighted by molar-refractivity contribution is 7.19. The first-order chi connectivity index (χ1) is 36.1. The number of nitrogens with zero attached hydrogens (tertiary/aromatic N) is 8. The van der Waals surface area contributed by atoms with Crippen molar-refractivity contribution in [3.63, 3.8) is 0 Å². The highest BCUT2D eigenvalue weighted by Gasteiger charge is 2.65. The quantitative estimate of drug-likeness (QED) is 0.0756. The minimum atomic E-state index is -0.688. The van der Waals surface area contributed by atoms with Crippen molar-refractivity contribution in [2.75, 3.05) is 68.9 Å². The van der Waals surface area contributed by atoms with Crippen molar-refractivity contribution in [1.29, 1.82) is 0 Å². The summed E-state index contributed by atoms with van der Waals surface area (Å²) in [6.45, 7) is 10.2. The number of aromatic nitrogens is 4. The highest BCUT2D eigenvalue weighted by atomic mass is 32.1. The van der Waals surface area contributed by atoms with Gasteiger partial charge in [0.2, 0.25) is 0 Å². The van der Waals surface area contributed by atoms with E-state index in [1.165, 1.54) is 18.0 Å². The zero-order valence-electron chi connectivity index (χ0n) is 43.4. The summed E-state index contributed by atoms with van der Waals surface area (Å²) in [5.41, 5.74) is 20.3. The molecule has 6 atom stereocenters. The summed E-state index contributed by atoms with van der Waals surface area (Å²) in [5.74, 6) is -0.214. The lowest BCUT2D eigenvalue weighted by molar-refractivity contribution is -0.146. The van der Waals surface area contributed by atoms with Crippen LogP contribution in [0.4, 0.5) is 23.0 Å². The van der Waals surface area contributed by atoms with Gasteiger partial charge in [-0.15, -0.1) is 22.7 Å². The van der Waals surface area contributed by atoms with E-state index in [1.807, 2.05) is 13.0 Å². The van der Waals surface area contributed by atoms with Gasteiger partial charge in [-0.25, -0.2) is 19.9 Å². The topological polar surface area (TPSA) is 209 Å². The third kappa shape index (κ3) is 8.94. The number of thiazole rings is 2. The predicted molar refractivity (Wildman–Crippen MR) is 295 cm³/mol. The molecule has 4 aromatic heterocycles. The smallest absolute Gasteiger partial charge is 0.313 e. The molecule has 13 rings (SSSR count). The van der Waals surface area contributed by atoms with Crippen molar-refractivity contribution < 1.29 is 19.2 Å². The Hall–Kier alpha value is -6.34. The average molecular weight is 1050 g/mol. The van der Waals surface area contributed by atoms with Crippen molar-refractivity contribution in [3.05, 3.63) is 105 Å². The van der Waals surface area contributed by atoms with Gasteiger partial charge in [-0.2, -0.15) is 0 Å². The van der Waals surface area contributed by atoms with Crippen molar-refractivity contribution in [2.45, 2.75) is 108 Å². The standard InChI is InChI=1S/C57H66N12O4S2/c1-6-33-17-38(22-60-48(33)58)62-50(70)53(72)69-25-32(3)8-12-45(69)35-10-14-47-43(21-35)65-55(75-47)56-28-57(29-56,67(5)30-56)16-15-36-18-39(23-61-49(36)59)63-51(71)54(73)68-24-31(2)7-11-44(68)34-9-13-46-42(20-34)64-52(74-46)40-19-37-26-66(4)27-41(37)40/h9-10,13-14,17-23,31-32,40-41,44-45H,6-8,11-12,15-16,24-30H2,1-5H3,(H2,58,60)(H2,59,61)(H,62,70)(H,63,71)/t31-,32-,40+,41+,44+,45+,56?,57?/m0/s1. The van der Waals surface area contributed by atoms with Crippen molar-refractivity contribution >= 4 is 89.7 Å². The number of nitrogens with two attached hydrogens (primary N) is 2. The van der Waals surface area contributed by atoms with Gasteiger partial charge in [0.05, 0.1) is 56.3 Å². The predicted octanol–water partition coefficient (Wildman–Crippen LogP) is 8.23. The van der Waals surface area contributed by atoms with E-state index >= 15 is 0 Å². The Labute approximate surface area is 445 Å². The molecule has 7 aliphatic rings. The molecule has 6 fully saturated rings. The van der Waals surface area contributed by atoms with E-state index in [0.717, 1.165) is 117 Å². The molecule has 16 nitrogen and oxygen atoms in total. The molecular weight excluding hydrogens is 981 g/mol. The molecule has 2 bridgehead atoms. The number of rotatable bonds is 10. The van der Waals surface area contributed by atoms with E-state index in [0.29, 0.717) is 60.8 Å². The number of benzene rings is 2. The van der Waals surface area contributed by atoms with Crippen LogP contribution in [0.3, 0.4) is 0 Å². The van der Waals surface area contributed by atoms with Crippen LogP contribution in [-0.2, 0) is 37.4 Å². The number of nitrogen functional groups attached to an aromatic ring is 2. The number of carbonyl (C=O) groups is 4. The first-order valence-electron chi connectivity index (χ1n) is 26.7. The van der Waals surface area contributed by atoms with Crippen LogP contribution in [-0.4, -0.2) is 116 Å². The maximum absolute atomic E-state index is 14.1. The number of likely N-dealkylation sites (N-methyl/N-ethyl adjacent to an activating group) is 2. The number of nitrogens with one attached hydrogen (secondary N) is 2. The third-order valence-electron chi connectivity index (χ3n) is 17.6. The lowest BCUT2D eigenvalue weighted by Crippen LogP contribution is -2.50. The second-order valence-corrected chi connectivity index (χ2v) is 25.0. The number of aryl methyl sites for hydroxylation is 2. The average Bonchev–Trinajstić information content (AvgIpc) is 4.20. The molecule has 5 saturated heterocycles. The summed E-state index contributed by atoms with van der Waals surface area (Å²) in [4.78, 5) is 82.7. The van der Waals surface area contributed by atoms with Gasteiger partial charge < -0.3 is 36.8 Å². The summed E-state index contributed by atoms with van der Waals surface area (Å²) in [6, 6.07) is 15.9. The molecular formula is C57H66N12O4S2. The van der Waals surface area contributed by atoms with Gasteiger partial charge >= 0.3 is 23.6 Å². The Morgan fingerprint density at radius 1 is 0.733 bits per heavy atom. The number of allylic oxidation sites excluding steroid dienone is 1. The Morgan fingerprint density at radius 2 is 1.31 bits per heavy atom. The fourth-order valence-electron chi connectivity index (χ4n) is 13.5. The maximum atomic E-state index is 14.1. The number of amides is 4. The number of anilines is 4. The van der Waals surface area contributed by atoms with Crippen LogP contribution in [0.15, 0.2) is 72.6 Å². The maximum Gasteiger partial charge on any atom is 0.313 e. The van der Waals surface area contributed by atoms with Gasteiger partial charge in [0.1, 0.15) is 21.7 Å². The lowest BCUT2D eigenvalue weighted by Gasteiger charge is -2.47. The molecule has 1 saturated carbocycles. The SMILES string of the molecule is CCc1cc(NC(=O)C(=O)N2C[C@@H](C)CC[C@@H]2c2ccc3sc(C45CN(C)C(CCc6cc(NC(=O)C(=O)N7C[C@@H](C)CC[C@@H]7c7ccc8sc([C@@H]9C=C%10CN(C)C[C@H]%109)nc8c7)cnc6N)(C4)C5)nc3c2)cnc1N. The van der Waals surface area contributed by atoms with Gasteiger partial charge in [-0.1, -0.05) is 44.6 Å². The first-order valence-corrected chi connectivity index (χ1v) is 28.3. The normalized spacial score (nSPS) is 27.5. The minimum Gasteiger partial charge on any atom is -0.383 e. The van der Waals surface area contributed by atoms with Crippen molar-refractivity contribution in [2.24, 2.45) is 17.8 Å². The summed E-state index contributed by atoms with van der Waals surface area (Å²) >= 11 is 3.51. The van der Waals surface area contributed by atoms with E-state index in [4.69, 9.17) is 21.4 Å². The van der Waals surface area contributed by atoms with Crippen LogP contribution in [0.2, 0.25) is 0 Å². The van der Waals surface area contributed by atoms with Crippen molar-refractivity contribution in [3.8, 4) is 0 Å². The summed E-state index contributed by atoms with van der Waals surface area (Å²) < 4.78 is 2.24. The molecule has 0 unspecified atom stereocenters. The zero-order valence-corrected chi connectivity index (χ0v) is 45.0. The monoisotopic (exact) mass is 1050 g/mol. The fourth-order valence-corrected chi connectivity index (χ4v) is 15.7. The first kappa shape index (κ1) is 49.5.